The number of fused-ring (bicyclic) bond motifs is 1. The van der Waals surface area contributed by atoms with Gasteiger partial charge in [-0.3, -0.25) is 14.2 Å². The molecule has 1 heterocycles. The van der Waals surface area contributed by atoms with Crippen LogP contribution in [-0.4, -0.2) is 10.5 Å². The number of pyridine rings is 1. The SMILES string of the molecule is Cc1c(C(N)=O)c2ccccc2c(=O)n1-c1c(F)cccc1F. The minimum absolute atomic E-state index is 0.0582. The molecule has 0 unspecified atom stereocenters. The zero-order valence-electron chi connectivity index (χ0n) is 12.1. The Morgan fingerprint density at radius 3 is 2.13 bits per heavy atom. The van der Waals surface area contributed by atoms with Crippen molar-refractivity contribution in [3.8, 4) is 5.69 Å². The second kappa shape index (κ2) is 5.31. The van der Waals surface area contributed by atoms with Crippen LogP contribution in [0.4, 0.5) is 8.78 Å². The molecule has 0 bridgehead atoms. The molecule has 3 aromatic rings. The van der Waals surface area contributed by atoms with Crippen molar-refractivity contribution in [2.75, 3.05) is 0 Å². The number of carbonyl (C=O) groups is 1. The highest BCUT2D eigenvalue weighted by atomic mass is 19.1. The molecule has 0 aliphatic carbocycles. The summed E-state index contributed by atoms with van der Waals surface area (Å²) in [5, 5.41) is 0.519. The number of primary amides is 1. The van der Waals surface area contributed by atoms with Gasteiger partial charge < -0.3 is 5.73 Å². The third-order valence-electron chi connectivity index (χ3n) is 3.73. The second-order valence-electron chi connectivity index (χ2n) is 5.08. The third-order valence-corrected chi connectivity index (χ3v) is 3.73. The molecule has 0 saturated carbocycles. The van der Waals surface area contributed by atoms with E-state index in [4.69, 9.17) is 5.73 Å². The molecule has 6 heteroatoms. The summed E-state index contributed by atoms with van der Waals surface area (Å²) in [6, 6.07) is 9.61. The molecule has 0 saturated heterocycles. The first-order valence-corrected chi connectivity index (χ1v) is 6.82. The van der Waals surface area contributed by atoms with Gasteiger partial charge in [0.2, 0.25) is 0 Å². The number of amides is 1. The standard InChI is InChI=1S/C17H12F2N2O2/c1-9-14(16(20)22)10-5-2-3-6-11(10)17(23)21(9)15-12(18)7-4-8-13(15)19/h2-8H,1H3,(H2,20,22). The van der Waals surface area contributed by atoms with E-state index in [0.717, 1.165) is 16.7 Å². The Bertz CT molecular complexity index is 989. The van der Waals surface area contributed by atoms with Crippen LogP contribution in [0, 0.1) is 18.6 Å². The Balaban J connectivity index is 2.58. The van der Waals surface area contributed by atoms with Crippen LogP contribution in [0.2, 0.25) is 0 Å². The maximum absolute atomic E-state index is 14.1. The highest BCUT2D eigenvalue weighted by molar-refractivity contribution is 6.07. The predicted molar refractivity (Wildman–Crippen MR) is 82.7 cm³/mol. The Labute approximate surface area is 129 Å². The number of halogens is 2. The average molecular weight is 314 g/mol. The number of nitrogens with zero attached hydrogens (tertiary/aromatic N) is 1. The van der Waals surface area contributed by atoms with Gasteiger partial charge in [0.25, 0.3) is 11.5 Å². The van der Waals surface area contributed by atoms with Crippen molar-refractivity contribution < 1.29 is 13.6 Å². The van der Waals surface area contributed by atoms with Crippen molar-refractivity contribution in [3.05, 3.63) is 75.7 Å². The molecule has 0 atom stereocenters. The van der Waals surface area contributed by atoms with Gasteiger partial charge in [0.05, 0.1) is 5.56 Å². The van der Waals surface area contributed by atoms with Gasteiger partial charge in [-0.2, -0.15) is 0 Å². The van der Waals surface area contributed by atoms with Crippen LogP contribution in [-0.2, 0) is 0 Å². The quantitative estimate of drug-likeness (QED) is 0.790. The maximum atomic E-state index is 14.1. The fourth-order valence-corrected chi connectivity index (χ4v) is 2.75. The molecule has 0 spiro atoms. The first kappa shape index (κ1) is 14.9. The van der Waals surface area contributed by atoms with E-state index < -0.39 is 28.8 Å². The van der Waals surface area contributed by atoms with Crippen LogP contribution in [0.25, 0.3) is 16.5 Å². The molecule has 3 rings (SSSR count). The minimum Gasteiger partial charge on any atom is -0.366 e. The van der Waals surface area contributed by atoms with E-state index in [-0.39, 0.29) is 16.6 Å². The molecule has 4 nitrogen and oxygen atoms in total. The summed E-state index contributed by atoms with van der Waals surface area (Å²) in [6.07, 6.45) is 0. The summed E-state index contributed by atoms with van der Waals surface area (Å²) in [7, 11) is 0. The summed E-state index contributed by atoms with van der Waals surface area (Å²) < 4.78 is 29.1. The van der Waals surface area contributed by atoms with Gasteiger partial charge in [0, 0.05) is 16.5 Å². The van der Waals surface area contributed by atoms with Crippen LogP contribution in [0.3, 0.4) is 0 Å². The number of aromatic nitrogens is 1. The summed E-state index contributed by atoms with van der Waals surface area (Å²) in [5.74, 6) is -2.58. The molecule has 0 fully saturated rings. The molecule has 1 amide bonds. The van der Waals surface area contributed by atoms with Gasteiger partial charge in [0.15, 0.2) is 0 Å². The third kappa shape index (κ3) is 2.19. The number of para-hydroxylation sites is 1. The zero-order valence-corrected chi connectivity index (χ0v) is 12.1. The molecule has 0 radical (unpaired) electrons. The summed E-state index contributed by atoms with van der Waals surface area (Å²) in [4.78, 5) is 24.5. The van der Waals surface area contributed by atoms with E-state index in [1.165, 1.54) is 19.1 Å². The predicted octanol–water partition coefficient (Wildman–Crippen LogP) is 2.68. The molecular weight excluding hydrogens is 302 g/mol. The number of carbonyl (C=O) groups excluding carboxylic acids is 1. The molecule has 1 aromatic heterocycles. The topological polar surface area (TPSA) is 65.1 Å². The minimum atomic E-state index is -0.902. The lowest BCUT2D eigenvalue weighted by Gasteiger charge is -2.16. The van der Waals surface area contributed by atoms with Crippen LogP contribution in [0.1, 0.15) is 16.1 Å². The fraction of sp³-hybridized carbons (Fsp3) is 0.0588. The van der Waals surface area contributed by atoms with E-state index in [2.05, 4.69) is 0 Å². The monoisotopic (exact) mass is 314 g/mol. The first-order valence-electron chi connectivity index (χ1n) is 6.82. The first-order chi connectivity index (χ1) is 10.9. The van der Waals surface area contributed by atoms with Crippen LogP contribution in [0.5, 0.6) is 0 Å². The van der Waals surface area contributed by atoms with Crippen molar-refractivity contribution in [2.24, 2.45) is 5.73 Å². The molecule has 116 valence electrons. The van der Waals surface area contributed by atoms with Crippen molar-refractivity contribution in [3.63, 3.8) is 0 Å². The van der Waals surface area contributed by atoms with Gasteiger partial charge in [-0.05, 0) is 25.1 Å². The van der Waals surface area contributed by atoms with Crippen LogP contribution >= 0.6 is 0 Å². The van der Waals surface area contributed by atoms with Crippen LogP contribution in [0.15, 0.2) is 47.3 Å². The van der Waals surface area contributed by atoms with E-state index in [1.54, 1.807) is 18.2 Å². The van der Waals surface area contributed by atoms with E-state index >= 15 is 0 Å². The molecular formula is C17H12F2N2O2. The van der Waals surface area contributed by atoms with Crippen molar-refractivity contribution in [2.45, 2.75) is 6.92 Å². The maximum Gasteiger partial charge on any atom is 0.263 e. The van der Waals surface area contributed by atoms with Crippen LogP contribution < -0.4 is 11.3 Å². The van der Waals surface area contributed by atoms with Gasteiger partial charge >= 0.3 is 0 Å². The molecule has 0 aliphatic rings. The molecule has 2 N–H and O–H groups in total. The summed E-state index contributed by atoms with van der Waals surface area (Å²) in [5.41, 5.74) is 4.42. The number of hydrogen-bond donors (Lipinski definition) is 1. The number of nitrogens with two attached hydrogens (primary N) is 1. The van der Waals surface area contributed by atoms with Crippen molar-refractivity contribution in [1.29, 1.82) is 0 Å². The lowest BCUT2D eigenvalue weighted by Crippen LogP contribution is -2.27. The molecule has 23 heavy (non-hydrogen) atoms. The Kier molecular flexibility index (Phi) is 3.44. The molecule has 2 aromatic carbocycles. The average Bonchev–Trinajstić information content (AvgIpc) is 2.50. The van der Waals surface area contributed by atoms with E-state index in [1.807, 2.05) is 0 Å². The van der Waals surface area contributed by atoms with Gasteiger partial charge in [-0.25, -0.2) is 8.78 Å². The van der Waals surface area contributed by atoms with E-state index in [0.29, 0.717) is 5.39 Å². The number of benzene rings is 2. The van der Waals surface area contributed by atoms with E-state index in [9.17, 15) is 18.4 Å². The Morgan fingerprint density at radius 1 is 1.00 bits per heavy atom. The zero-order chi connectivity index (χ0) is 16.7. The van der Waals surface area contributed by atoms with Crippen molar-refractivity contribution >= 4 is 16.7 Å². The number of hydrogen-bond acceptors (Lipinski definition) is 2. The normalized spacial score (nSPS) is 10.9. The largest absolute Gasteiger partial charge is 0.366 e. The van der Waals surface area contributed by atoms with Gasteiger partial charge in [0.1, 0.15) is 17.3 Å². The Hall–Kier alpha value is -3.02. The highest BCUT2D eigenvalue weighted by Crippen LogP contribution is 2.24. The smallest absolute Gasteiger partial charge is 0.263 e. The van der Waals surface area contributed by atoms with Gasteiger partial charge in [-0.15, -0.1) is 0 Å². The van der Waals surface area contributed by atoms with Crippen molar-refractivity contribution in [1.82, 2.24) is 4.57 Å². The second-order valence-corrected chi connectivity index (χ2v) is 5.08. The fourth-order valence-electron chi connectivity index (χ4n) is 2.75. The summed E-state index contributed by atoms with van der Waals surface area (Å²) in [6.45, 7) is 1.43. The number of rotatable bonds is 2. The lowest BCUT2D eigenvalue weighted by molar-refractivity contribution is 0.100. The summed E-state index contributed by atoms with van der Waals surface area (Å²) >= 11 is 0. The Morgan fingerprint density at radius 2 is 1.57 bits per heavy atom. The van der Waals surface area contributed by atoms with Gasteiger partial charge in [-0.1, -0.05) is 24.3 Å². The lowest BCUT2D eigenvalue weighted by atomic mass is 10.0. The highest BCUT2D eigenvalue weighted by Gasteiger charge is 2.21. The molecule has 0 aliphatic heterocycles.